The van der Waals surface area contributed by atoms with Gasteiger partial charge in [0.2, 0.25) is 0 Å². The zero-order chi connectivity index (χ0) is 10.4. The first-order chi connectivity index (χ1) is 6.70. The lowest BCUT2D eigenvalue weighted by molar-refractivity contribution is -0.136. The van der Waals surface area contributed by atoms with Crippen LogP contribution >= 0.6 is 0 Å². The first-order valence-electron chi connectivity index (χ1n) is 4.85. The quantitative estimate of drug-likeness (QED) is 0.637. The van der Waals surface area contributed by atoms with Crippen molar-refractivity contribution in [2.24, 2.45) is 0 Å². The number of carboxylic acid groups (broad SMARTS) is 1. The Bertz CT molecular complexity index is 242. The number of rotatable bonds is 5. The molecule has 0 radical (unpaired) electrons. The Morgan fingerprint density at radius 2 is 2.29 bits per heavy atom. The summed E-state index contributed by atoms with van der Waals surface area (Å²) in [5, 5.41) is 11.4. The summed E-state index contributed by atoms with van der Waals surface area (Å²) in [6.45, 7) is 0.902. The van der Waals surface area contributed by atoms with E-state index in [1.807, 2.05) is 0 Å². The topological polar surface area (TPSA) is 66.4 Å². The summed E-state index contributed by atoms with van der Waals surface area (Å²) < 4.78 is 0. The van der Waals surface area contributed by atoms with Gasteiger partial charge in [-0.05, 0) is 31.9 Å². The lowest BCUT2D eigenvalue weighted by Crippen LogP contribution is -2.29. The second kappa shape index (κ2) is 5.54. The Labute approximate surface area is 83.0 Å². The Morgan fingerprint density at radius 3 is 2.86 bits per heavy atom. The fourth-order valence-electron chi connectivity index (χ4n) is 1.45. The number of hydrogen-bond acceptors (Lipinski definition) is 3. The van der Waals surface area contributed by atoms with Gasteiger partial charge in [-0.2, -0.15) is 0 Å². The fourth-order valence-corrected chi connectivity index (χ4v) is 1.45. The Kier molecular flexibility index (Phi) is 4.32. The van der Waals surface area contributed by atoms with Crippen molar-refractivity contribution in [1.29, 1.82) is 0 Å². The van der Waals surface area contributed by atoms with E-state index in [2.05, 4.69) is 5.32 Å². The van der Waals surface area contributed by atoms with Gasteiger partial charge >= 0.3 is 5.97 Å². The third-order valence-electron chi connectivity index (χ3n) is 2.21. The van der Waals surface area contributed by atoms with Crippen molar-refractivity contribution in [1.82, 2.24) is 5.32 Å². The van der Waals surface area contributed by atoms with Crippen molar-refractivity contribution in [2.45, 2.75) is 31.7 Å². The van der Waals surface area contributed by atoms with E-state index in [9.17, 15) is 9.59 Å². The molecule has 0 aromatic rings. The summed E-state index contributed by atoms with van der Waals surface area (Å²) >= 11 is 0. The molecule has 0 bridgehead atoms. The third kappa shape index (κ3) is 3.70. The maximum atomic E-state index is 11.4. The Hall–Kier alpha value is -1.16. The van der Waals surface area contributed by atoms with Crippen LogP contribution in [0.15, 0.2) is 12.2 Å². The molecule has 1 saturated heterocycles. The second-order valence-electron chi connectivity index (χ2n) is 3.39. The van der Waals surface area contributed by atoms with Crippen LogP contribution in [0.2, 0.25) is 0 Å². The molecule has 1 rings (SSSR count). The van der Waals surface area contributed by atoms with Gasteiger partial charge in [0.25, 0.3) is 0 Å². The van der Waals surface area contributed by atoms with E-state index in [0.717, 1.165) is 19.4 Å². The standard InChI is InChI=1S/C10H15NO3/c12-9(8-4-3-7-11-8)5-1-2-6-10(13)14/h1,5,8,11H,2-4,6-7H2,(H,13,14)/t8-/m0/s1. The first kappa shape index (κ1) is 10.9. The van der Waals surface area contributed by atoms with E-state index in [4.69, 9.17) is 5.11 Å². The Balaban J connectivity index is 2.21. The molecule has 0 amide bonds. The maximum Gasteiger partial charge on any atom is 0.303 e. The summed E-state index contributed by atoms with van der Waals surface area (Å²) in [5.41, 5.74) is 0. The number of hydrogen-bond donors (Lipinski definition) is 2. The predicted molar refractivity (Wildman–Crippen MR) is 52.0 cm³/mol. The number of carbonyl (C=O) groups excluding carboxylic acids is 1. The van der Waals surface area contributed by atoms with Crippen LogP contribution in [0.5, 0.6) is 0 Å². The highest BCUT2D eigenvalue weighted by molar-refractivity contribution is 5.94. The summed E-state index contributed by atoms with van der Waals surface area (Å²) in [4.78, 5) is 21.6. The molecule has 1 atom stereocenters. The lowest BCUT2D eigenvalue weighted by Gasteiger charge is -2.03. The molecule has 4 nitrogen and oxygen atoms in total. The summed E-state index contributed by atoms with van der Waals surface area (Å²) in [6.07, 6.45) is 5.57. The second-order valence-corrected chi connectivity index (χ2v) is 3.39. The van der Waals surface area contributed by atoms with E-state index < -0.39 is 5.97 Å². The van der Waals surface area contributed by atoms with Gasteiger partial charge in [-0.15, -0.1) is 0 Å². The summed E-state index contributed by atoms with van der Waals surface area (Å²) in [7, 11) is 0. The molecule has 1 fully saturated rings. The molecule has 0 aliphatic carbocycles. The minimum atomic E-state index is -0.832. The van der Waals surface area contributed by atoms with Crippen LogP contribution in [-0.4, -0.2) is 29.4 Å². The van der Waals surface area contributed by atoms with Crippen LogP contribution in [0.1, 0.15) is 25.7 Å². The minimum absolute atomic E-state index is 0.0453. The fraction of sp³-hybridized carbons (Fsp3) is 0.600. The number of carbonyl (C=O) groups is 2. The molecule has 2 N–H and O–H groups in total. The van der Waals surface area contributed by atoms with Crippen LogP contribution in [0.25, 0.3) is 0 Å². The highest BCUT2D eigenvalue weighted by atomic mass is 16.4. The molecule has 1 aliphatic heterocycles. The highest BCUT2D eigenvalue weighted by Gasteiger charge is 2.19. The largest absolute Gasteiger partial charge is 0.481 e. The molecule has 4 heteroatoms. The van der Waals surface area contributed by atoms with Gasteiger partial charge in [0.05, 0.1) is 6.04 Å². The lowest BCUT2D eigenvalue weighted by atomic mass is 10.1. The number of nitrogens with one attached hydrogen (secondary N) is 1. The van der Waals surface area contributed by atoms with E-state index in [0.29, 0.717) is 6.42 Å². The average Bonchev–Trinajstić information content (AvgIpc) is 2.64. The zero-order valence-corrected chi connectivity index (χ0v) is 8.03. The van der Waals surface area contributed by atoms with Crippen molar-refractivity contribution >= 4 is 11.8 Å². The first-order valence-corrected chi connectivity index (χ1v) is 4.85. The molecule has 0 unspecified atom stereocenters. The molecule has 78 valence electrons. The monoisotopic (exact) mass is 197 g/mol. The summed E-state index contributed by atoms with van der Waals surface area (Å²) in [5.74, 6) is -0.769. The van der Waals surface area contributed by atoms with E-state index in [1.165, 1.54) is 6.08 Å². The molecule has 1 aliphatic rings. The van der Waals surface area contributed by atoms with E-state index in [1.54, 1.807) is 6.08 Å². The molecule has 0 aromatic carbocycles. The predicted octanol–water partition coefficient (Wildman–Crippen LogP) is 0.728. The van der Waals surface area contributed by atoms with E-state index >= 15 is 0 Å². The van der Waals surface area contributed by atoms with Crippen LogP contribution in [-0.2, 0) is 9.59 Å². The number of aliphatic carboxylic acids is 1. The smallest absolute Gasteiger partial charge is 0.303 e. The van der Waals surface area contributed by atoms with Gasteiger partial charge in [-0.3, -0.25) is 9.59 Å². The Morgan fingerprint density at radius 1 is 1.50 bits per heavy atom. The number of carboxylic acids is 1. The van der Waals surface area contributed by atoms with Crippen molar-refractivity contribution < 1.29 is 14.7 Å². The van der Waals surface area contributed by atoms with Gasteiger partial charge in [0, 0.05) is 6.42 Å². The van der Waals surface area contributed by atoms with Crippen molar-refractivity contribution in [3.63, 3.8) is 0 Å². The van der Waals surface area contributed by atoms with Crippen LogP contribution in [0.3, 0.4) is 0 Å². The van der Waals surface area contributed by atoms with Crippen LogP contribution < -0.4 is 5.32 Å². The molecule has 1 heterocycles. The average molecular weight is 197 g/mol. The van der Waals surface area contributed by atoms with Crippen LogP contribution in [0.4, 0.5) is 0 Å². The van der Waals surface area contributed by atoms with Crippen molar-refractivity contribution in [3.8, 4) is 0 Å². The summed E-state index contributed by atoms with van der Waals surface area (Å²) in [6, 6.07) is -0.0453. The molecule has 0 aromatic heterocycles. The van der Waals surface area contributed by atoms with Gasteiger partial charge in [-0.25, -0.2) is 0 Å². The molecule has 14 heavy (non-hydrogen) atoms. The van der Waals surface area contributed by atoms with Crippen molar-refractivity contribution in [2.75, 3.05) is 6.54 Å². The van der Waals surface area contributed by atoms with Gasteiger partial charge < -0.3 is 10.4 Å². The third-order valence-corrected chi connectivity index (χ3v) is 2.21. The number of ketones is 1. The molecule has 0 spiro atoms. The maximum absolute atomic E-state index is 11.4. The van der Waals surface area contributed by atoms with Crippen molar-refractivity contribution in [3.05, 3.63) is 12.2 Å². The molecular weight excluding hydrogens is 182 g/mol. The van der Waals surface area contributed by atoms with E-state index in [-0.39, 0.29) is 18.2 Å². The highest BCUT2D eigenvalue weighted by Crippen LogP contribution is 2.06. The minimum Gasteiger partial charge on any atom is -0.481 e. The van der Waals surface area contributed by atoms with Crippen LogP contribution in [0, 0.1) is 0 Å². The molecule has 0 saturated carbocycles. The van der Waals surface area contributed by atoms with Gasteiger partial charge in [-0.1, -0.05) is 6.08 Å². The number of allylic oxidation sites excluding steroid dienone is 1. The van der Waals surface area contributed by atoms with Gasteiger partial charge in [0.15, 0.2) is 5.78 Å². The van der Waals surface area contributed by atoms with Gasteiger partial charge in [0.1, 0.15) is 0 Å². The normalized spacial score (nSPS) is 21.6. The zero-order valence-electron chi connectivity index (χ0n) is 8.03. The molecular formula is C10H15NO3. The SMILES string of the molecule is O=C(O)CCC=CC(=O)[C@@H]1CCCN1.